The third-order valence-electron chi connectivity index (χ3n) is 3.74. The molecule has 0 unspecified atom stereocenters. The summed E-state index contributed by atoms with van der Waals surface area (Å²) < 4.78 is 0. The minimum atomic E-state index is -0.380. The highest BCUT2D eigenvalue weighted by Gasteiger charge is 2.27. The van der Waals surface area contributed by atoms with E-state index in [1.165, 1.54) is 0 Å². The molecule has 0 fully saturated rings. The summed E-state index contributed by atoms with van der Waals surface area (Å²) in [6.45, 7) is 6.19. The molecular weight excluding hydrogens is 258 g/mol. The molecule has 3 N–H and O–H groups in total. The lowest BCUT2D eigenvalue weighted by Crippen LogP contribution is -2.36. The number of aromatic nitrogens is 2. The van der Waals surface area contributed by atoms with Gasteiger partial charge in [0.1, 0.15) is 5.82 Å². The third kappa shape index (κ3) is 2.67. The van der Waals surface area contributed by atoms with Gasteiger partial charge in [0.2, 0.25) is 0 Å². The van der Waals surface area contributed by atoms with E-state index in [1.807, 2.05) is 31.2 Å². The molecule has 0 amide bonds. The van der Waals surface area contributed by atoms with Gasteiger partial charge in [-0.2, -0.15) is 0 Å². The number of hydrogen-bond acceptors (Lipinski definition) is 2. The molecule has 0 aliphatic heterocycles. The van der Waals surface area contributed by atoms with Crippen molar-refractivity contribution < 1.29 is 0 Å². The van der Waals surface area contributed by atoms with Crippen LogP contribution >= 0.6 is 11.6 Å². The van der Waals surface area contributed by atoms with Crippen LogP contribution in [0.5, 0.6) is 0 Å². The lowest BCUT2D eigenvalue weighted by molar-refractivity contribution is 0.390. The van der Waals surface area contributed by atoms with Crippen LogP contribution in [0, 0.1) is 6.92 Å². The normalized spacial score (nSPS) is 11.8. The monoisotopic (exact) mass is 277 g/mol. The van der Waals surface area contributed by atoms with Gasteiger partial charge in [-0.15, -0.1) is 0 Å². The molecular formula is C15H20ClN3. The van der Waals surface area contributed by atoms with Gasteiger partial charge in [0.05, 0.1) is 11.2 Å². The molecule has 0 atom stereocenters. The Labute approximate surface area is 119 Å². The minimum Gasteiger partial charge on any atom is -0.344 e. The molecule has 2 rings (SSSR count). The Kier molecular flexibility index (Phi) is 3.97. The van der Waals surface area contributed by atoms with Gasteiger partial charge in [0.25, 0.3) is 0 Å². The molecule has 0 aliphatic carbocycles. The summed E-state index contributed by atoms with van der Waals surface area (Å²) in [4.78, 5) is 8.03. The maximum absolute atomic E-state index is 6.39. The Morgan fingerprint density at radius 2 is 1.79 bits per heavy atom. The van der Waals surface area contributed by atoms with Crippen LogP contribution in [0.25, 0.3) is 11.3 Å². The second kappa shape index (κ2) is 5.35. The predicted octanol–water partition coefficient (Wildman–Crippen LogP) is 4.01. The fourth-order valence-corrected chi connectivity index (χ4v) is 2.30. The topological polar surface area (TPSA) is 54.7 Å². The molecule has 0 aliphatic rings. The van der Waals surface area contributed by atoms with Crippen LogP contribution in [0.2, 0.25) is 5.02 Å². The van der Waals surface area contributed by atoms with Crippen LogP contribution < -0.4 is 5.73 Å². The maximum atomic E-state index is 6.39. The molecule has 1 aromatic carbocycles. The predicted molar refractivity (Wildman–Crippen MR) is 80.2 cm³/mol. The highest BCUT2D eigenvalue weighted by Crippen LogP contribution is 2.28. The second-order valence-corrected chi connectivity index (χ2v) is 5.37. The number of benzene rings is 1. The first-order valence-corrected chi connectivity index (χ1v) is 7.00. The van der Waals surface area contributed by atoms with Crippen LogP contribution in [0.1, 0.15) is 38.2 Å². The van der Waals surface area contributed by atoms with E-state index in [0.29, 0.717) is 0 Å². The van der Waals surface area contributed by atoms with Crippen LogP contribution in [-0.2, 0) is 5.54 Å². The van der Waals surface area contributed by atoms with E-state index in [9.17, 15) is 0 Å². The minimum absolute atomic E-state index is 0.380. The Hall–Kier alpha value is -1.32. The number of rotatable bonds is 4. The number of aromatic amines is 1. The van der Waals surface area contributed by atoms with Crippen molar-refractivity contribution in [2.75, 3.05) is 0 Å². The lowest BCUT2D eigenvalue weighted by Gasteiger charge is -2.23. The smallest absolute Gasteiger partial charge is 0.127 e. The fourth-order valence-electron chi connectivity index (χ4n) is 2.17. The lowest BCUT2D eigenvalue weighted by atomic mass is 9.93. The van der Waals surface area contributed by atoms with Gasteiger partial charge < -0.3 is 10.7 Å². The van der Waals surface area contributed by atoms with E-state index in [2.05, 4.69) is 18.8 Å². The van der Waals surface area contributed by atoms with Gasteiger partial charge in [-0.25, -0.2) is 4.98 Å². The van der Waals surface area contributed by atoms with Crippen LogP contribution in [0.4, 0.5) is 0 Å². The number of aryl methyl sites for hydroxylation is 1. The van der Waals surface area contributed by atoms with E-state index in [0.717, 1.165) is 40.6 Å². The summed E-state index contributed by atoms with van der Waals surface area (Å²) in [6.07, 6.45) is 1.72. The van der Waals surface area contributed by atoms with E-state index in [1.54, 1.807) is 0 Å². The Bertz CT molecular complexity index is 553. The van der Waals surface area contributed by atoms with Crippen molar-refractivity contribution in [1.82, 2.24) is 9.97 Å². The average Bonchev–Trinajstić information content (AvgIpc) is 2.81. The van der Waals surface area contributed by atoms with Crippen molar-refractivity contribution in [3.63, 3.8) is 0 Å². The van der Waals surface area contributed by atoms with Gasteiger partial charge in [-0.1, -0.05) is 37.6 Å². The number of nitrogens with zero attached hydrogens (tertiary/aromatic N) is 1. The molecule has 3 nitrogen and oxygen atoms in total. The third-order valence-corrected chi connectivity index (χ3v) is 3.99. The zero-order chi connectivity index (χ0) is 14.0. The molecule has 4 heteroatoms. The largest absolute Gasteiger partial charge is 0.344 e. The van der Waals surface area contributed by atoms with Gasteiger partial charge in [0, 0.05) is 16.3 Å². The molecule has 19 heavy (non-hydrogen) atoms. The molecule has 0 radical (unpaired) electrons. The molecule has 0 spiro atoms. The zero-order valence-electron chi connectivity index (χ0n) is 11.6. The summed E-state index contributed by atoms with van der Waals surface area (Å²) in [5.41, 5.74) is 9.05. The second-order valence-electron chi connectivity index (χ2n) is 4.93. The summed E-state index contributed by atoms with van der Waals surface area (Å²) in [6, 6.07) is 7.71. The van der Waals surface area contributed by atoms with Crippen molar-refractivity contribution in [3.8, 4) is 11.3 Å². The number of nitrogens with two attached hydrogens (primary N) is 1. The van der Waals surface area contributed by atoms with Crippen molar-refractivity contribution in [2.45, 2.75) is 39.2 Å². The number of H-pyrrole nitrogens is 1. The van der Waals surface area contributed by atoms with Crippen LogP contribution in [0.15, 0.2) is 24.3 Å². The van der Waals surface area contributed by atoms with Gasteiger partial charge in [0.15, 0.2) is 0 Å². The fraction of sp³-hybridized carbons (Fsp3) is 0.400. The van der Waals surface area contributed by atoms with E-state index in [-0.39, 0.29) is 5.54 Å². The van der Waals surface area contributed by atoms with Gasteiger partial charge in [-0.3, -0.25) is 0 Å². The van der Waals surface area contributed by atoms with Crippen molar-refractivity contribution in [3.05, 3.63) is 40.8 Å². The number of imidazole rings is 1. The van der Waals surface area contributed by atoms with E-state index in [4.69, 9.17) is 22.3 Å². The average molecular weight is 278 g/mol. The number of halogens is 1. The van der Waals surface area contributed by atoms with E-state index >= 15 is 0 Å². The van der Waals surface area contributed by atoms with E-state index < -0.39 is 0 Å². The molecule has 1 heterocycles. The first-order chi connectivity index (χ1) is 9.00. The first kappa shape index (κ1) is 14.1. The quantitative estimate of drug-likeness (QED) is 0.887. The highest BCUT2D eigenvalue weighted by atomic mass is 35.5. The molecule has 0 saturated carbocycles. The number of nitrogens with one attached hydrogen (secondary N) is 1. The zero-order valence-corrected chi connectivity index (χ0v) is 12.4. The molecule has 0 bridgehead atoms. The van der Waals surface area contributed by atoms with Crippen molar-refractivity contribution in [1.29, 1.82) is 0 Å². The first-order valence-electron chi connectivity index (χ1n) is 6.62. The molecule has 1 aromatic heterocycles. The molecule has 102 valence electrons. The SMILES string of the molecule is CCC(N)(CC)c1nc(-c2ccc(Cl)cc2)c(C)[nH]1. The molecule has 2 aromatic rings. The Balaban J connectivity index is 2.44. The highest BCUT2D eigenvalue weighted by molar-refractivity contribution is 6.30. The van der Waals surface area contributed by atoms with Gasteiger partial charge in [-0.05, 0) is 31.9 Å². The van der Waals surface area contributed by atoms with Gasteiger partial charge >= 0.3 is 0 Å². The summed E-state index contributed by atoms with van der Waals surface area (Å²) in [7, 11) is 0. The van der Waals surface area contributed by atoms with Crippen LogP contribution in [-0.4, -0.2) is 9.97 Å². The Morgan fingerprint density at radius 3 is 2.32 bits per heavy atom. The summed E-state index contributed by atoms with van der Waals surface area (Å²) in [5.74, 6) is 0.861. The molecule has 0 saturated heterocycles. The summed E-state index contributed by atoms with van der Waals surface area (Å²) in [5, 5.41) is 0.729. The van der Waals surface area contributed by atoms with Crippen molar-refractivity contribution >= 4 is 11.6 Å². The Morgan fingerprint density at radius 1 is 1.21 bits per heavy atom. The summed E-state index contributed by atoms with van der Waals surface area (Å²) >= 11 is 5.91. The standard InChI is InChI=1S/C15H20ClN3/c1-4-15(17,5-2)14-18-10(3)13(19-14)11-6-8-12(16)9-7-11/h6-9H,4-5,17H2,1-3H3,(H,18,19). The number of hydrogen-bond donors (Lipinski definition) is 2. The van der Waals surface area contributed by atoms with Crippen molar-refractivity contribution in [2.24, 2.45) is 5.73 Å². The maximum Gasteiger partial charge on any atom is 0.127 e. The van der Waals surface area contributed by atoms with Crippen LogP contribution in [0.3, 0.4) is 0 Å².